The maximum Gasteiger partial charge on any atom is 0.159 e. The SMILES string of the molecule is CCCCc1cnc(-c2ccc(-c3ccc(OCC(C)OCCC(C)CC)cc3)cc2)nc1. The van der Waals surface area contributed by atoms with E-state index in [4.69, 9.17) is 9.47 Å². The molecule has 0 amide bonds. The van der Waals surface area contributed by atoms with E-state index >= 15 is 0 Å². The highest BCUT2D eigenvalue weighted by molar-refractivity contribution is 5.68. The zero-order valence-corrected chi connectivity index (χ0v) is 20.6. The highest BCUT2D eigenvalue weighted by atomic mass is 16.5. The van der Waals surface area contributed by atoms with Gasteiger partial charge in [-0.15, -0.1) is 0 Å². The monoisotopic (exact) mass is 446 g/mol. The molecule has 1 heterocycles. The predicted octanol–water partition coefficient (Wildman–Crippen LogP) is 7.37. The molecule has 0 radical (unpaired) electrons. The van der Waals surface area contributed by atoms with Gasteiger partial charge in [0.2, 0.25) is 0 Å². The minimum atomic E-state index is 0.0872. The molecule has 0 aliphatic heterocycles. The zero-order chi connectivity index (χ0) is 23.5. The number of benzene rings is 2. The van der Waals surface area contributed by atoms with Gasteiger partial charge in [0.25, 0.3) is 0 Å². The van der Waals surface area contributed by atoms with Crippen molar-refractivity contribution in [2.75, 3.05) is 13.2 Å². The number of hydrogen-bond donors (Lipinski definition) is 0. The molecule has 0 aliphatic carbocycles. The van der Waals surface area contributed by atoms with Crippen LogP contribution in [0.3, 0.4) is 0 Å². The Labute approximate surface area is 199 Å². The van der Waals surface area contributed by atoms with E-state index in [-0.39, 0.29) is 6.10 Å². The molecule has 0 aliphatic rings. The lowest BCUT2D eigenvalue weighted by Gasteiger charge is -2.16. The van der Waals surface area contributed by atoms with Crippen LogP contribution in [0.4, 0.5) is 0 Å². The van der Waals surface area contributed by atoms with Crippen molar-refractivity contribution < 1.29 is 9.47 Å². The van der Waals surface area contributed by atoms with E-state index in [0.29, 0.717) is 12.5 Å². The third-order valence-electron chi connectivity index (χ3n) is 6.05. The molecule has 176 valence electrons. The van der Waals surface area contributed by atoms with Crippen LogP contribution in [-0.4, -0.2) is 29.3 Å². The molecule has 0 saturated heterocycles. The molecule has 4 nitrogen and oxygen atoms in total. The number of aromatic nitrogens is 2. The topological polar surface area (TPSA) is 44.2 Å². The van der Waals surface area contributed by atoms with Crippen molar-refractivity contribution in [2.45, 2.75) is 65.9 Å². The van der Waals surface area contributed by atoms with Crippen molar-refractivity contribution in [3.05, 3.63) is 66.5 Å². The van der Waals surface area contributed by atoms with E-state index in [1.165, 1.54) is 24.8 Å². The lowest BCUT2D eigenvalue weighted by molar-refractivity contribution is 0.0261. The zero-order valence-electron chi connectivity index (χ0n) is 20.6. The van der Waals surface area contributed by atoms with Gasteiger partial charge in [-0.25, -0.2) is 9.97 Å². The van der Waals surface area contributed by atoms with Gasteiger partial charge in [0.1, 0.15) is 12.4 Å². The summed E-state index contributed by atoms with van der Waals surface area (Å²) >= 11 is 0. The molecule has 0 bridgehead atoms. The Balaban J connectivity index is 1.51. The van der Waals surface area contributed by atoms with Gasteiger partial charge in [-0.2, -0.15) is 0 Å². The van der Waals surface area contributed by atoms with Crippen LogP contribution in [0, 0.1) is 5.92 Å². The number of nitrogens with zero attached hydrogens (tertiary/aromatic N) is 2. The van der Waals surface area contributed by atoms with Gasteiger partial charge in [-0.05, 0) is 60.9 Å². The Morgan fingerprint density at radius 2 is 1.42 bits per heavy atom. The van der Waals surface area contributed by atoms with Crippen LogP contribution in [0.1, 0.15) is 58.9 Å². The second kappa shape index (κ2) is 13.1. The van der Waals surface area contributed by atoms with E-state index in [0.717, 1.165) is 47.7 Å². The second-order valence-corrected chi connectivity index (χ2v) is 8.91. The van der Waals surface area contributed by atoms with Crippen molar-refractivity contribution >= 4 is 0 Å². The molecule has 2 aromatic carbocycles. The first-order valence-electron chi connectivity index (χ1n) is 12.3. The Hall–Kier alpha value is -2.72. The van der Waals surface area contributed by atoms with E-state index in [9.17, 15) is 0 Å². The average molecular weight is 447 g/mol. The molecular formula is C29H38N2O2. The fraction of sp³-hybridized carbons (Fsp3) is 0.448. The van der Waals surface area contributed by atoms with Crippen molar-refractivity contribution in [1.82, 2.24) is 9.97 Å². The van der Waals surface area contributed by atoms with Gasteiger partial charge in [0.15, 0.2) is 5.82 Å². The highest BCUT2D eigenvalue weighted by Crippen LogP contribution is 2.25. The fourth-order valence-corrected chi connectivity index (χ4v) is 3.51. The minimum Gasteiger partial charge on any atom is -0.491 e. The summed E-state index contributed by atoms with van der Waals surface area (Å²) in [5.74, 6) is 2.35. The van der Waals surface area contributed by atoms with Crippen LogP contribution in [0.5, 0.6) is 5.75 Å². The summed E-state index contributed by atoms with van der Waals surface area (Å²) in [5, 5.41) is 0. The number of rotatable bonds is 13. The molecule has 0 N–H and O–H groups in total. The standard InChI is InChI=1S/C29H38N2O2/c1-5-7-8-24-19-30-29(31-20-24)27-11-9-25(10-12-27)26-13-15-28(16-14-26)33-21-23(4)32-18-17-22(3)6-2/h9-16,19-20,22-23H,5-8,17-18,21H2,1-4H3. The molecule has 2 unspecified atom stereocenters. The molecule has 33 heavy (non-hydrogen) atoms. The van der Waals surface area contributed by atoms with Crippen LogP contribution in [0.15, 0.2) is 60.9 Å². The van der Waals surface area contributed by atoms with Crippen molar-refractivity contribution in [3.8, 4) is 28.3 Å². The molecule has 4 heteroatoms. The number of unbranched alkanes of at least 4 members (excludes halogenated alkanes) is 1. The van der Waals surface area contributed by atoms with Crippen molar-refractivity contribution in [2.24, 2.45) is 5.92 Å². The van der Waals surface area contributed by atoms with Gasteiger partial charge in [0, 0.05) is 24.6 Å². The third kappa shape index (κ3) is 7.97. The quantitative estimate of drug-likeness (QED) is 0.275. The summed E-state index contributed by atoms with van der Waals surface area (Å²) < 4.78 is 11.8. The number of aryl methyl sites for hydroxylation is 1. The fourth-order valence-electron chi connectivity index (χ4n) is 3.51. The van der Waals surface area contributed by atoms with Crippen LogP contribution in [0.2, 0.25) is 0 Å². The molecule has 0 saturated carbocycles. The summed E-state index contributed by atoms with van der Waals surface area (Å²) in [7, 11) is 0. The van der Waals surface area contributed by atoms with Gasteiger partial charge in [0.05, 0.1) is 6.10 Å². The Morgan fingerprint density at radius 1 is 0.818 bits per heavy atom. The molecule has 2 atom stereocenters. The molecule has 3 aromatic rings. The van der Waals surface area contributed by atoms with Gasteiger partial charge in [-0.1, -0.05) is 70.0 Å². The predicted molar refractivity (Wildman–Crippen MR) is 136 cm³/mol. The first kappa shape index (κ1) is 24.9. The Kier molecular flexibility index (Phi) is 9.89. The van der Waals surface area contributed by atoms with Crippen molar-refractivity contribution in [1.29, 1.82) is 0 Å². The van der Waals surface area contributed by atoms with E-state index < -0.39 is 0 Å². The summed E-state index contributed by atoms with van der Waals surface area (Å²) in [5.41, 5.74) is 4.55. The summed E-state index contributed by atoms with van der Waals surface area (Å²) in [6, 6.07) is 16.6. The number of ether oxygens (including phenoxy) is 2. The van der Waals surface area contributed by atoms with Crippen molar-refractivity contribution in [3.63, 3.8) is 0 Å². The Morgan fingerprint density at radius 3 is 2.03 bits per heavy atom. The lowest BCUT2D eigenvalue weighted by atomic mass is 10.0. The maximum absolute atomic E-state index is 5.91. The molecule has 0 fully saturated rings. The molecule has 0 spiro atoms. The average Bonchev–Trinajstić information content (AvgIpc) is 2.87. The van der Waals surface area contributed by atoms with Crippen LogP contribution in [0.25, 0.3) is 22.5 Å². The van der Waals surface area contributed by atoms with E-state index in [2.05, 4.69) is 74.1 Å². The lowest BCUT2D eigenvalue weighted by Crippen LogP contribution is -2.19. The first-order chi connectivity index (χ1) is 16.1. The molecule has 1 aromatic heterocycles. The summed E-state index contributed by atoms with van der Waals surface area (Å²) in [6.07, 6.45) is 9.68. The van der Waals surface area contributed by atoms with Crippen LogP contribution < -0.4 is 4.74 Å². The van der Waals surface area contributed by atoms with Gasteiger partial charge >= 0.3 is 0 Å². The maximum atomic E-state index is 5.91. The minimum absolute atomic E-state index is 0.0872. The summed E-state index contributed by atoms with van der Waals surface area (Å²) in [4.78, 5) is 9.09. The smallest absolute Gasteiger partial charge is 0.159 e. The highest BCUT2D eigenvalue weighted by Gasteiger charge is 2.07. The normalized spacial score (nSPS) is 13.0. The van der Waals surface area contributed by atoms with Gasteiger partial charge in [-0.3, -0.25) is 0 Å². The van der Waals surface area contributed by atoms with Crippen LogP contribution in [-0.2, 0) is 11.2 Å². The molecule has 3 rings (SSSR count). The van der Waals surface area contributed by atoms with E-state index in [1.807, 2.05) is 24.5 Å². The Bertz CT molecular complexity index is 937. The largest absolute Gasteiger partial charge is 0.491 e. The molecular weight excluding hydrogens is 408 g/mol. The van der Waals surface area contributed by atoms with Gasteiger partial charge < -0.3 is 9.47 Å². The number of hydrogen-bond acceptors (Lipinski definition) is 4. The summed E-state index contributed by atoms with van der Waals surface area (Å²) in [6.45, 7) is 10.1. The third-order valence-corrected chi connectivity index (χ3v) is 6.05. The van der Waals surface area contributed by atoms with E-state index in [1.54, 1.807) is 0 Å². The first-order valence-corrected chi connectivity index (χ1v) is 12.3. The second-order valence-electron chi connectivity index (χ2n) is 8.91. The van der Waals surface area contributed by atoms with Crippen LogP contribution >= 0.6 is 0 Å².